The van der Waals surface area contributed by atoms with Gasteiger partial charge in [0.25, 0.3) is 0 Å². The number of fused-ring (bicyclic) bond motifs is 3. The molecule has 0 spiro atoms. The van der Waals surface area contributed by atoms with E-state index in [2.05, 4.69) is 133 Å². The van der Waals surface area contributed by atoms with Crippen LogP contribution in [0.15, 0.2) is 164 Å². The fraction of sp³-hybridized carbons (Fsp3) is 0.143. The standard InChI is InChI=1S/C49H38N4/c1-4-12-34(13-5-1)44-30-46(52-48(50-44)36-14-6-2-7-15-36)40-28-38-18-10-11-19-41(38)43(29-40)47-31-45(51-49(53-47)37-16-8-3-9-17-37)35-24-22-33(23-25-35)42-27-32-20-21-39(42)26-32/h1-19,22-25,28-32,39,42H,20-21,26-27H2. The minimum absolute atomic E-state index is 0.696. The van der Waals surface area contributed by atoms with Crippen molar-refractivity contribution in [3.8, 4) is 67.8 Å². The Morgan fingerprint density at radius 3 is 1.53 bits per heavy atom. The van der Waals surface area contributed by atoms with Gasteiger partial charge < -0.3 is 0 Å². The van der Waals surface area contributed by atoms with Crippen molar-refractivity contribution in [2.24, 2.45) is 11.8 Å². The highest BCUT2D eigenvalue weighted by Gasteiger charge is 2.40. The van der Waals surface area contributed by atoms with E-state index in [1.807, 2.05) is 30.3 Å². The molecule has 0 aliphatic heterocycles. The molecule has 254 valence electrons. The van der Waals surface area contributed by atoms with Crippen molar-refractivity contribution in [3.05, 3.63) is 169 Å². The first-order valence-corrected chi connectivity index (χ1v) is 18.8. The van der Waals surface area contributed by atoms with Gasteiger partial charge in [-0.2, -0.15) is 0 Å². The fourth-order valence-electron chi connectivity index (χ4n) is 8.74. The number of nitrogens with zero attached hydrogens (tertiary/aromatic N) is 4. The van der Waals surface area contributed by atoms with Gasteiger partial charge in [-0.05, 0) is 77.6 Å². The van der Waals surface area contributed by atoms with Gasteiger partial charge in [-0.15, -0.1) is 0 Å². The van der Waals surface area contributed by atoms with Gasteiger partial charge in [0.05, 0.1) is 22.8 Å². The van der Waals surface area contributed by atoms with E-state index in [0.717, 1.165) is 78.8 Å². The predicted octanol–water partition coefficient (Wildman–Crippen LogP) is 12.3. The maximum absolute atomic E-state index is 5.28. The number of hydrogen-bond acceptors (Lipinski definition) is 4. The average molecular weight is 683 g/mol. The molecule has 2 bridgehead atoms. The van der Waals surface area contributed by atoms with E-state index in [1.165, 1.54) is 31.2 Å². The lowest BCUT2D eigenvalue weighted by Crippen LogP contribution is -2.08. The summed E-state index contributed by atoms with van der Waals surface area (Å²) < 4.78 is 0. The molecule has 0 saturated heterocycles. The Morgan fingerprint density at radius 2 is 0.925 bits per heavy atom. The van der Waals surface area contributed by atoms with Crippen molar-refractivity contribution >= 4 is 10.8 Å². The molecule has 8 aromatic rings. The Bertz CT molecular complexity index is 2510. The zero-order valence-corrected chi connectivity index (χ0v) is 29.4. The fourth-order valence-corrected chi connectivity index (χ4v) is 8.74. The maximum Gasteiger partial charge on any atom is 0.160 e. The predicted molar refractivity (Wildman–Crippen MR) is 216 cm³/mol. The van der Waals surface area contributed by atoms with E-state index in [-0.39, 0.29) is 0 Å². The molecule has 0 amide bonds. The van der Waals surface area contributed by atoms with E-state index in [1.54, 1.807) is 0 Å². The lowest BCUT2D eigenvalue weighted by Gasteiger charge is -2.22. The Morgan fingerprint density at radius 1 is 0.396 bits per heavy atom. The van der Waals surface area contributed by atoms with E-state index in [4.69, 9.17) is 19.9 Å². The molecule has 4 heteroatoms. The Balaban J connectivity index is 1.13. The van der Waals surface area contributed by atoms with Gasteiger partial charge in [-0.3, -0.25) is 0 Å². The molecule has 2 heterocycles. The van der Waals surface area contributed by atoms with Crippen LogP contribution >= 0.6 is 0 Å². The van der Waals surface area contributed by atoms with Crippen molar-refractivity contribution in [2.75, 3.05) is 0 Å². The first-order chi connectivity index (χ1) is 26.2. The first kappa shape index (κ1) is 31.5. The molecular weight excluding hydrogens is 645 g/mol. The highest BCUT2D eigenvalue weighted by atomic mass is 14.9. The van der Waals surface area contributed by atoms with Crippen LogP contribution in [0.4, 0.5) is 0 Å². The third-order valence-electron chi connectivity index (χ3n) is 11.4. The molecule has 3 unspecified atom stereocenters. The molecule has 3 atom stereocenters. The smallest absolute Gasteiger partial charge is 0.160 e. The van der Waals surface area contributed by atoms with Crippen LogP contribution in [0.5, 0.6) is 0 Å². The molecule has 53 heavy (non-hydrogen) atoms. The molecule has 0 N–H and O–H groups in total. The monoisotopic (exact) mass is 682 g/mol. The summed E-state index contributed by atoms with van der Waals surface area (Å²) in [5.41, 5.74) is 11.2. The van der Waals surface area contributed by atoms with Crippen LogP contribution < -0.4 is 0 Å². The molecular formula is C49H38N4. The van der Waals surface area contributed by atoms with Gasteiger partial charge in [-0.25, -0.2) is 19.9 Å². The summed E-state index contributed by atoms with van der Waals surface area (Å²) >= 11 is 0. The Hall–Kier alpha value is -6.26. The van der Waals surface area contributed by atoms with E-state index < -0.39 is 0 Å². The molecule has 2 fully saturated rings. The molecule has 0 radical (unpaired) electrons. The summed E-state index contributed by atoms with van der Waals surface area (Å²) in [5, 5.41) is 2.25. The minimum Gasteiger partial charge on any atom is -0.228 e. The topological polar surface area (TPSA) is 51.6 Å². The highest BCUT2D eigenvalue weighted by Crippen LogP contribution is 2.53. The number of rotatable bonds is 7. The molecule has 6 aromatic carbocycles. The number of hydrogen-bond donors (Lipinski definition) is 0. The largest absolute Gasteiger partial charge is 0.228 e. The number of benzene rings is 6. The van der Waals surface area contributed by atoms with Gasteiger partial charge in [0, 0.05) is 33.4 Å². The molecule has 2 saturated carbocycles. The first-order valence-electron chi connectivity index (χ1n) is 18.8. The molecule has 10 rings (SSSR count). The van der Waals surface area contributed by atoms with Gasteiger partial charge in [0.1, 0.15) is 0 Å². The second-order valence-corrected chi connectivity index (χ2v) is 14.7. The summed E-state index contributed by atoms with van der Waals surface area (Å²) in [5.74, 6) is 3.88. The summed E-state index contributed by atoms with van der Waals surface area (Å²) in [6.07, 6.45) is 5.55. The molecule has 4 nitrogen and oxygen atoms in total. The minimum atomic E-state index is 0.696. The van der Waals surface area contributed by atoms with Crippen LogP contribution in [0, 0.1) is 11.8 Å². The van der Waals surface area contributed by atoms with Crippen LogP contribution in [0.25, 0.3) is 78.6 Å². The van der Waals surface area contributed by atoms with Crippen molar-refractivity contribution in [2.45, 2.75) is 31.6 Å². The lowest BCUT2D eigenvalue weighted by atomic mass is 9.83. The zero-order chi connectivity index (χ0) is 35.1. The quantitative estimate of drug-likeness (QED) is 0.168. The highest BCUT2D eigenvalue weighted by molar-refractivity contribution is 6.00. The second kappa shape index (κ2) is 13.4. The average Bonchev–Trinajstić information content (AvgIpc) is 3.89. The van der Waals surface area contributed by atoms with Gasteiger partial charge in [0.15, 0.2) is 11.6 Å². The summed E-state index contributed by atoms with van der Waals surface area (Å²) in [7, 11) is 0. The summed E-state index contributed by atoms with van der Waals surface area (Å²) in [6.45, 7) is 0. The van der Waals surface area contributed by atoms with Crippen molar-refractivity contribution in [1.29, 1.82) is 0 Å². The van der Waals surface area contributed by atoms with E-state index in [9.17, 15) is 0 Å². The van der Waals surface area contributed by atoms with E-state index >= 15 is 0 Å². The normalized spacial score (nSPS) is 17.7. The Kier molecular flexibility index (Phi) is 7.94. The van der Waals surface area contributed by atoms with Gasteiger partial charge in [0.2, 0.25) is 0 Å². The van der Waals surface area contributed by atoms with Gasteiger partial charge in [-0.1, -0.05) is 146 Å². The molecule has 2 aromatic heterocycles. The third-order valence-corrected chi connectivity index (χ3v) is 11.4. The summed E-state index contributed by atoms with van der Waals surface area (Å²) in [6, 6.07) is 57.4. The zero-order valence-electron chi connectivity index (χ0n) is 29.4. The van der Waals surface area contributed by atoms with E-state index in [0.29, 0.717) is 17.6 Å². The maximum atomic E-state index is 5.28. The molecule has 2 aliphatic carbocycles. The van der Waals surface area contributed by atoms with Crippen molar-refractivity contribution < 1.29 is 0 Å². The van der Waals surface area contributed by atoms with Crippen LogP contribution in [-0.4, -0.2) is 19.9 Å². The number of aromatic nitrogens is 4. The van der Waals surface area contributed by atoms with Crippen molar-refractivity contribution in [3.63, 3.8) is 0 Å². The SMILES string of the molecule is c1ccc(-c2cc(-c3cc(-c4cc(-c5ccc(C6CC7CCC6C7)cc5)nc(-c5ccccc5)n4)c4ccccc4c3)nc(-c3ccccc3)n2)cc1. The van der Waals surface area contributed by atoms with Crippen LogP contribution in [0.1, 0.15) is 37.2 Å². The summed E-state index contributed by atoms with van der Waals surface area (Å²) in [4.78, 5) is 20.7. The third kappa shape index (κ3) is 6.10. The van der Waals surface area contributed by atoms with Gasteiger partial charge >= 0.3 is 0 Å². The Labute approximate surface area is 310 Å². The van der Waals surface area contributed by atoms with Crippen LogP contribution in [0.3, 0.4) is 0 Å². The second-order valence-electron chi connectivity index (χ2n) is 14.7. The lowest BCUT2D eigenvalue weighted by molar-refractivity contribution is 0.420. The van der Waals surface area contributed by atoms with Crippen molar-refractivity contribution in [1.82, 2.24) is 19.9 Å². The van der Waals surface area contributed by atoms with Crippen LogP contribution in [-0.2, 0) is 0 Å². The molecule has 2 aliphatic rings. The van der Waals surface area contributed by atoms with Crippen LogP contribution in [0.2, 0.25) is 0 Å².